The van der Waals surface area contributed by atoms with Crippen molar-refractivity contribution in [3.63, 3.8) is 0 Å². The van der Waals surface area contributed by atoms with Crippen LogP contribution in [0.2, 0.25) is 15.1 Å². The molecule has 0 saturated carbocycles. The first-order chi connectivity index (χ1) is 28.3. The normalized spacial score (nSPS) is 20.0. The average molecular weight is 859 g/mol. The topological polar surface area (TPSA) is 116 Å². The molecule has 0 radical (unpaired) electrons. The van der Waals surface area contributed by atoms with Crippen LogP contribution in [0.4, 0.5) is 4.79 Å². The SMILES string of the molecule is CC(c1ccc(Cl)cc1Cl)n1cnc(-c2ccccc2)c1-c1c(C(=O)N[C@H]2CN(C(=O)OC(C)(C)C)CC2N2CCC(N3CCCCC3=O)CC2)[nH]c2cc(Cl)ccc12. The maximum absolute atomic E-state index is 15.1. The van der Waals surface area contributed by atoms with Gasteiger partial charge in [0.2, 0.25) is 5.91 Å². The molecule has 14 heteroatoms. The van der Waals surface area contributed by atoms with Crippen molar-refractivity contribution in [2.24, 2.45) is 0 Å². The summed E-state index contributed by atoms with van der Waals surface area (Å²) in [7, 11) is 0. The van der Waals surface area contributed by atoms with Crippen molar-refractivity contribution in [2.45, 2.75) is 89.6 Å². The van der Waals surface area contributed by atoms with Gasteiger partial charge in [-0.15, -0.1) is 0 Å². The van der Waals surface area contributed by atoms with Crippen molar-refractivity contribution in [2.75, 3.05) is 32.7 Å². The molecular formula is C45H50Cl3N7O4. The number of H-pyrrole nitrogens is 1. The van der Waals surface area contributed by atoms with Gasteiger partial charge in [0.15, 0.2) is 0 Å². The second-order valence-corrected chi connectivity index (χ2v) is 18.2. The molecule has 11 nitrogen and oxygen atoms in total. The number of imidazole rings is 1. The van der Waals surface area contributed by atoms with Crippen LogP contribution in [0, 0.1) is 0 Å². The molecule has 310 valence electrons. The molecule has 3 saturated heterocycles. The van der Waals surface area contributed by atoms with E-state index in [0.29, 0.717) is 50.5 Å². The molecule has 2 N–H and O–H groups in total. The second kappa shape index (κ2) is 16.8. The van der Waals surface area contributed by atoms with Gasteiger partial charge in [0.05, 0.1) is 29.8 Å². The highest BCUT2D eigenvalue weighted by Gasteiger charge is 2.43. The molecular weight excluding hydrogens is 809 g/mol. The molecule has 5 aromatic rings. The van der Waals surface area contributed by atoms with Gasteiger partial charge < -0.3 is 29.4 Å². The smallest absolute Gasteiger partial charge is 0.410 e. The van der Waals surface area contributed by atoms with Crippen molar-refractivity contribution < 1.29 is 19.1 Å². The van der Waals surface area contributed by atoms with E-state index in [1.165, 1.54) is 0 Å². The third-order valence-corrected chi connectivity index (χ3v) is 12.7. The molecule has 3 amide bonds. The van der Waals surface area contributed by atoms with Crippen LogP contribution in [0.5, 0.6) is 0 Å². The van der Waals surface area contributed by atoms with Gasteiger partial charge in [0, 0.05) is 88.3 Å². The van der Waals surface area contributed by atoms with Crippen LogP contribution in [0.25, 0.3) is 33.4 Å². The monoisotopic (exact) mass is 857 g/mol. The minimum Gasteiger partial charge on any atom is -0.444 e. The van der Waals surface area contributed by atoms with E-state index in [0.717, 1.165) is 67.5 Å². The van der Waals surface area contributed by atoms with Crippen molar-refractivity contribution in [3.05, 3.63) is 99.4 Å². The largest absolute Gasteiger partial charge is 0.444 e. The first kappa shape index (κ1) is 41.2. The first-order valence-corrected chi connectivity index (χ1v) is 21.6. The number of carbonyl (C=O) groups excluding carboxylic acids is 3. The second-order valence-electron chi connectivity index (χ2n) is 17.0. The van der Waals surface area contributed by atoms with Crippen LogP contribution in [-0.2, 0) is 9.53 Å². The molecule has 59 heavy (non-hydrogen) atoms. The summed E-state index contributed by atoms with van der Waals surface area (Å²) < 4.78 is 7.88. The number of nitrogens with zero attached hydrogens (tertiary/aromatic N) is 5. The Labute approximate surface area is 359 Å². The van der Waals surface area contributed by atoms with E-state index in [1.54, 1.807) is 17.3 Å². The van der Waals surface area contributed by atoms with E-state index >= 15 is 4.79 Å². The Morgan fingerprint density at radius 1 is 0.932 bits per heavy atom. The molecule has 0 aliphatic carbocycles. The van der Waals surface area contributed by atoms with Gasteiger partial charge >= 0.3 is 6.09 Å². The molecule has 2 unspecified atom stereocenters. The van der Waals surface area contributed by atoms with E-state index in [1.807, 2.05) is 92.9 Å². The number of amides is 3. The summed E-state index contributed by atoms with van der Waals surface area (Å²) >= 11 is 19.7. The number of benzene rings is 3. The highest BCUT2D eigenvalue weighted by atomic mass is 35.5. The van der Waals surface area contributed by atoms with Gasteiger partial charge in [0.1, 0.15) is 11.3 Å². The Bertz CT molecular complexity index is 2370. The highest BCUT2D eigenvalue weighted by molar-refractivity contribution is 6.35. The van der Waals surface area contributed by atoms with Gasteiger partial charge in [-0.25, -0.2) is 9.78 Å². The number of likely N-dealkylation sites (tertiary alicyclic amines) is 3. The zero-order valence-corrected chi connectivity index (χ0v) is 36.1. The molecule has 3 aromatic carbocycles. The van der Waals surface area contributed by atoms with Crippen molar-refractivity contribution in [3.8, 4) is 22.5 Å². The van der Waals surface area contributed by atoms with E-state index in [9.17, 15) is 9.59 Å². The number of hydrogen-bond acceptors (Lipinski definition) is 6. The zero-order chi connectivity index (χ0) is 41.6. The van der Waals surface area contributed by atoms with Crippen LogP contribution in [-0.4, -0.2) is 104 Å². The highest BCUT2D eigenvalue weighted by Crippen LogP contribution is 2.42. The fourth-order valence-corrected chi connectivity index (χ4v) is 9.78. The van der Waals surface area contributed by atoms with Gasteiger partial charge in [-0.05, 0) is 83.2 Å². The Morgan fingerprint density at radius 2 is 1.66 bits per heavy atom. The van der Waals surface area contributed by atoms with Crippen molar-refractivity contribution in [1.82, 2.24) is 34.6 Å². The number of hydrogen-bond donors (Lipinski definition) is 2. The molecule has 5 heterocycles. The van der Waals surface area contributed by atoms with E-state index in [-0.39, 0.29) is 36.5 Å². The van der Waals surface area contributed by atoms with Crippen LogP contribution in [0.15, 0.2) is 73.1 Å². The van der Waals surface area contributed by atoms with E-state index in [2.05, 4.69) is 20.1 Å². The number of rotatable bonds is 8. The van der Waals surface area contributed by atoms with Gasteiger partial charge in [0.25, 0.3) is 5.91 Å². The van der Waals surface area contributed by atoms with E-state index < -0.39 is 17.7 Å². The lowest BCUT2D eigenvalue weighted by Crippen LogP contribution is -2.56. The number of carbonyl (C=O) groups is 3. The third-order valence-electron chi connectivity index (χ3n) is 11.9. The number of halogens is 3. The maximum atomic E-state index is 15.1. The summed E-state index contributed by atoms with van der Waals surface area (Å²) in [6.07, 6.45) is 5.66. The zero-order valence-electron chi connectivity index (χ0n) is 33.8. The number of ether oxygens (including phenoxy) is 1. The van der Waals surface area contributed by atoms with E-state index in [4.69, 9.17) is 44.5 Å². The molecule has 3 aliphatic heterocycles. The fourth-order valence-electron chi connectivity index (χ4n) is 9.04. The molecule has 8 rings (SSSR count). The fraction of sp³-hybridized carbons (Fsp3) is 0.422. The number of nitrogens with one attached hydrogen (secondary N) is 2. The minimum absolute atomic E-state index is 0.177. The minimum atomic E-state index is -0.680. The number of piperidine rings is 2. The Kier molecular flexibility index (Phi) is 11.8. The molecule has 3 aliphatic rings. The van der Waals surface area contributed by atoms with Crippen molar-refractivity contribution in [1.29, 1.82) is 0 Å². The molecule has 3 atom stereocenters. The predicted molar refractivity (Wildman–Crippen MR) is 233 cm³/mol. The third kappa shape index (κ3) is 8.58. The first-order valence-electron chi connectivity index (χ1n) is 20.5. The standard InChI is InChI=1S/C45H50Cl3N7O4/c1-27(32-15-13-29(46)22-34(32)48)55-26-49-40(28-10-6-5-7-11-28)42(55)39-33-16-14-30(47)23-35(33)50-41(39)43(57)51-36-24-53(44(58)59-45(2,3)4)25-37(36)52-20-17-31(18-21-52)54-19-9-8-12-38(54)56/h5-7,10-11,13-16,22-23,26-27,31,36-37,50H,8-9,12,17-21,24-25H2,1-4H3,(H,51,57)/t27?,36-,37?/m0/s1. The maximum Gasteiger partial charge on any atom is 0.410 e. The Morgan fingerprint density at radius 3 is 2.37 bits per heavy atom. The summed E-state index contributed by atoms with van der Waals surface area (Å²) in [5.74, 6) is -0.0826. The molecule has 3 fully saturated rings. The summed E-state index contributed by atoms with van der Waals surface area (Å²) in [5, 5.41) is 5.74. The van der Waals surface area contributed by atoms with Crippen molar-refractivity contribution >= 4 is 63.6 Å². The quantitative estimate of drug-likeness (QED) is 0.161. The van der Waals surface area contributed by atoms with Gasteiger partial charge in [-0.1, -0.05) is 77.3 Å². The lowest BCUT2D eigenvalue weighted by atomic mass is 9.97. The average Bonchev–Trinajstić information content (AvgIpc) is 3.93. The van der Waals surface area contributed by atoms with Gasteiger partial charge in [-0.2, -0.15) is 0 Å². The number of fused-ring (bicyclic) bond motifs is 1. The summed E-state index contributed by atoms with van der Waals surface area (Å²) in [5.41, 5.74) is 4.14. The lowest BCUT2D eigenvalue weighted by Gasteiger charge is -2.42. The van der Waals surface area contributed by atoms with Crippen LogP contribution in [0.3, 0.4) is 0 Å². The molecule has 0 spiro atoms. The predicted octanol–water partition coefficient (Wildman–Crippen LogP) is 9.46. The Balaban J connectivity index is 1.17. The summed E-state index contributed by atoms with van der Waals surface area (Å²) in [6, 6.07) is 20.2. The number of aromatic nitrogens is 3. The van der Waals surface area contributed by atoms with Crippen LogP contribution >= 0.6 is 34.8 Å². The van der Waals surface area contributed by atoms with Crippen LogP contribution < -0.4 is 5.32 Å². The summed E-state index contributed by atoms with van der Waals surface area (Å²) in [4.78, 5) is 56.0. The van der Waals surface area contributed by atoms with Gasteiger partial charge in [-0.3, -0.25) is 14.5 Å². The van der Waals surface area contributed by atoms with Crippen LogP contribution in [0.1, 0.15) is 81.9 Å². The summed E-state index contributed by atoms with van der Waals surface area (Å²) in [6.45, 7) is 10.6. The Hall–Kier alpha value is -4.55. The molecule has 2 aromatic heterocycles. The lowest BCUT2D eigenvalue weighted by molar-refractivity contribution is -0.137. The molecule has 0 bridgehead atoms. The number of aromatic amines is 1.